The van der Waals surface area contributed by atoms with Crippen molar-refractivity contribution in [3.8, 4) is 0 Å². The lowest BCUT2D eigenvalue weighted by molar-refractivity contribution is 1.38. The van der Waals surface area contributed by atoms with Crippen LogP contribution in [0.15, 0.2) is 46.9 Å². The molecule has 2 aromatic carbocycles. The maximum absolute atomic E-state index is 5.31. The Morgan fingerprint density at radius 3 is 2.32 bits per heavy atom. The third-order valence-electron chi connectivity index (χ3n) is 2.73. The number of aryl methyl sites for hydroxylation is 2. The molecule has 2 nitrogen and oxygen atoms in total. The minimum Gasteiger partial charge on any atom is -0.332 e. The van der Waals surface area contributed by atoms with Crippen LogP contribution < -0.4 is 10.6 Å². The van der Waals surface area contributed by atoms with Gasteiger partial charge in [0.05, 0.1) is 0 Å². The van der Waals surface area contributed by atoms with Crippen molar-refractivity contribution in [1.82, 2.24) is 0 Å². The summed E-state index contributed by atoms with van der Waals surface area (Å²) in [7, 11) is 0. The van der Waals surface area contributed by atoms with Crippen LogP contribution in [0.3, 0.4) is 0 Å². The molecule has 0 aliphatic rings. The van der Waals surface area contributed by atoms with Gasteiger partial charge in [0.1, 0.15) is 0 Å². The van der Waals surface area contributed by atoms with E-state index >= 15 is 0 Å². The fraction of sp³-hybridized carbons (Fsp3) is 0.133. The molecule has 0 aliphatic carbocycles. The van der Waals surface area contributed by atoms with Gasteiger partial charge in [-0.3, -0.25) is 0 Å². The molecule has 0 spiro atoms. The minimum absolute atomic E-state index is 0.592. The maximum Gasteiger partial charge on any atom is 0.175 e. The average molecular weight is 335 g/mol. The third-order valence-corrected chi connectivity index (χ3v) is 3.46. The van der Waals surface area contributed by atoms with Crippen molar-refractivity contribution in [2.24, 2.45) is 0 Å². The van der Waals surface area contributed by atoms with E-state index < -0.39 is 0 Å². The second kappa shape index (κ2) is 6.17. The molecule has 4 heteroatoms. The summed E-state index contributed by atoms with van der Waals surface area (Å²) in [6.45, 7) is 4.15. The Hall–Kier alpha value is -1.39. The molecule has 2 aromatic rings. The summed E-state index contributed by atoms with van der Waals surface area (Å²) in [5.41, 5.74) is 4.42. The molecule has 0 fully saturated rings. The van der Waals surface area contributed by atoms with Crippen molar-refractivity contribution in [3.63, 3.8) is 0 Å². The van der Waals surface area contributed by atoms with Gasteiger partial charge in [-0.25, -0.2) is 0 Å². The molecule has 0 unspecified atom stereocenters. The van der Waals surface area contributed by atoms with Crippen molar-refractivity contribution >= 4 is 44.6 Å². The first-order valence-corrected chi connectivity index (χ1v) is 7.15. The zero-order valence-corrected chi connectivity index (χ0v) is 13.2. The molecule has 19 heavy (non-hydrogen) atoms. The molecule has 0 bridgehead atoms. The van der Waals surface area contributed by atoms with Crippen molar-refractivity contribution in [2.75, 3.05) is 10.6 Å². The lowest BCUT2D eigenvalue weighted by Gasteiger charge is -2.13. The van der Waals surface area contributed by atoms with Crippen LogP contribution in [0.4, 0.5) is 11.4 Å². The van der Waals surface area contributed by atoms with Crippen LogP contribution >= 0.6 is 28.1 Å². The first kappa shape index (κ1) is 14.0. The first-order valence-electron chi connectivity index (χ1n) is 5.95. The number of rotatable bonds is 2. The summed E-state index contributed by atoms with van der Waals surface area (Å²) in [6, 6.07) is 14.1. The van der Waals surface area contributed by atoms with Crippen LogP contribution in [0, 0.1) is 13.8 Å². The molecule has 0 saturated heterocycles. The Morgan fingerprint density at radius 1 is 1.00 bits per heavy atom. The number of halogens is 1. The quantitative estimate of drug-likeness (QED) is 0.765. The second-order valence-corrected chi connectivity index (χ2v) is 5.73. The van der Waals surface area contributed by atoms with Crippen LogP contribution in [0.2, 0.25) is 0 Å². The summed E-state index contributed by atoms with van der Waals surface area (Å²) in [5.74, 6) is 0. The summed E-state index contributed by atoms with van der Waals surface area (Å²) in [4.78, 5) is 0. The van der Waals surface area contributed by atoms with E-state index in [0.717, 1.165) is 15.8 Å². The molecule has 0 heterocycles. The number of benzene rings is 2. The average Bonchev–Trinajstić information content (AvgIpc) is 2.36. The molecular weight excluding hydrogens is 320 g/mol. The van der Waals surface area contributed by atoms with Gasteiger partial charge in [-0.05, 0) is 62.0 Å². The number of hydrogen-bond acceptors (Lipinski definition) is 1. The van der Waals surface area contributed by atoms with Crippen molar-refractivity contribution < 1.29 is 0 Å². The van der Waals surface area contributed by atoms with Crippen LogP contribution in [-0.2, 0) is 0 Å². The molecule has 0 atom stereocenters. The Labute approximate surface area is 127 Å². The van der Waals surface area contributed by atoms with Gasteiger partial charge in [0.15, 0.2) is 5.11 Å². The zero-order valence-electron chi connectivity index (χ0n) is 10.8. The van der Waals surface area contributed by atoms with E-state index in [4.69, 9.17) is 12.2 Å². The standard InChI is InChI=1S/C15H15BrN2S/c1-10-3-8-14(11(2)9-10)18-15(19)17-13-6-4-12(16)5-7-13/h3-9H,1-2H3,(H2,17,18,19). The van der Waals surface area contributed by atoms with Crippen LogP contribution in [0.5, 0.6) is 0 Å². The van der Waals surface area contributed by atoms with Gasteiger partial charge in [0, 0.05) is 15.8 Å². The molecule has 2 N–H and O–H groups in total. The fourth-order valence-electron chi connectivity index (χ4n) is 1.77. The third kappa shape index (κ3) is 4.04. The van der Waals surface area contributed by atoms with E-state index in [1.165, 1.54) is 11.1 Å². The SMILES string of the molecule is Cc1ccc(NC(=S)Nc2ccc(Br)cc2)c(C)c1. The van der Waals surface area contributed by atoms with E-state index in [1.807, 2.05) is 30.3 Å². The smallest absolute Gasteiger partial charge is 0.175 e. The lowest BCUT2D eigenvalue weighted by atomic mass is 10.1. The highest BCUT2D eigenvalue weighted by Gasteiger charge is 2.02. The van der Waals surface area contributed by atoms with Gasteiger partial charge < -0.3 is 10.6 Å². The van der Waals surface area contributed by atoms with Crippen molar-refractivity contribution in [3.05, 3.63) is 58.1 Å². The van der Waals surface area contributed by atoms with Crippen LogP contribution in [-0.4, -0.2) is 5.11 Å². The summed E-state index contributed by atoms with van der Waals surface area (Å²) in [6.07, 6.45) is 0. The highest BCUT2D eigenvalue weighted by Crippen LogP contribution is 2.17. The van der Waals surface area contributed by atoms with Crippen molar-refractivity contribution in [1.29, 1.82) is 0 Å². The Bertz CT molecular complexity index is 594. The lowest BCUT2D eigenvalue weighted by Crippen LogP contribution is -2.19. The monoisotopic (exact) mass is 334 g/mol. The Morgan fingerprint density at radius 2 is 1.68 bits per heavy atom. The molecule has 0 aliphatic heterocycles. The zero-order chi connectivity index (χ0) is 13.8. The van der Waals surface area contributed by atoms with E-state index in [9.17, 15) is 0 Å². The second-order valence-electron chi connectivity index (χ2n) is 4.40. The highest BCUT2D eigenvalue weighted by molar-refractivity contribution is 9.10. The minimum atomic E-state index is 0.592. The van der Waals surface area contributed by atoms with Gasteiger partial charge in [0.2, 0.25) is 0 Å². The highest BCUT2D eigenvalue weighted by atomic mass is 79.9. The summed E-state index contributed by atoms with van der Waals surface area (Å²) in [5, 5.41) is 6.96. The molecule has 0 aromatic heterocycles. The molecular formula is C15H15BrN2S. The summed E-state index contributed by atoms with van der Waals surface area (Å²) < 4.78 is 1.05. The largest absolute Gasteiger partial charge is 0.332 e. The molecule has 98 valence electrons. The number of anilines is 2. The maximum atomic E-state index is 5.31. The number of nitrogens with one attached hydrogen (secondary N) is 2. The van der Waals surface area contributed by atoms with E-state index in [-0.39, 0.29) is 0 Å². The topological polar surface area (TPSA) is 24.1 Å². The number of hydrogen-bond donors (Lipinski definition) is 2. The predicted molar refractivity (Wildman–Crippen MR) is 89.9 cm³/mol. The molecule has 0 amide bonds. The fourth-order valence-corrected chi connectivity index (χ4v) is 2.26. The van der Waals surface area contributed by atoms with E-state index in [0.29, 0.717) is 5.11 Å². The predicted octanol–water partition coefficient (Wildman–Crippen LogP) is 4.87. The van der Waals surface area contributed by atoms with Gasteiger partial charge in [0.25, 0.3) is 0 Å². The molecule has 2 rings (SSSR count). The Kier molecular flexibility index (Phi) is 4.56. The Balaban J connectivity index is 2.03. The van der Waals surface area contributed by atoms with Gasteiger partial charge in [-0.15, -0.1) is 0 Å². The van der Waals surface area contributed by atoms with E-state index in [1.54, 1.807) is 0 Å². The van der Waals surface area contributed by atoms with Crippen molar-refractivity contribution in [2.45, 2.75) is 13.8 Å². The summed E-state index contributed by atoms with van der Waals surface area (Å²) >= 11 is 8.71. The van der Waals surface area contributed by atoms with Gasteiger partial charge in [-0.2, -0.15) is 0 Å². The molecule has 0 radical (unpaired) electrons. The van der Waals surface area contributed by atoms with Gasteiger partial charge >= 0.3 is 0 Å². The molecule has 0 saturated carbocycles. The first-order chi connectivity index (χ1) is 9.04. The van der Waals surface area contributed by atoms with E-state index in [2.05, 4.69) is 52.5 Å². The number of thiocarbonyl (C=S) groups is 1. The van der Waals surface area contributed by atoms with Crippen LogP contribution in [0.1, 0.15) is 11.1 Å². The van der Waals surface area contributed by atoms with Gasteiger partial charge in [-0.1, -0.05) is 33.6 Å². The normalized spacial score (nSPS) is 10.1. The van der Waals surface area contributed by atoms with Crippen LogP contribution in [0.25, 0.3) is 0 Å².